The highest BCUT2D eigenvalue weighted by molar-refractivity contribution is 5.81. The van der Waals surface area contributed by atoms with Crippen LogP contribution in [0.15, 0.2) is 0 Å². The summed E-state index contributed by atoms with van der Waals surface area (Å²) >= 11 is 0. The molecule has 0 saturated carbocycles. The third-order valence-corrected chi connectivity index (χ3v) is 2.99. The van der Waals surface area contributed by atoms with Crippen molar-refractivity contribution in [3.05, 3.63) is 0 Å². The molecule has 0 radical (unpaired) electrons. The molecule has 5 nitrogen and oxygen atoms in total. The van der Waals surface area contributed by atoms with E-state index in [1.807, 2.05) is 6.92 Å². The van der Waals surface area contributed by atoms with Gasteiger partial charge in [-0.1, -0.05) is 13.3 Å². The molecule has 0 aliphatic rings. The summed E-state index contributed by atoms with van der Waals surface area (Å²) < 4.78 is 5.08. The summed E-state index contributed by atoms with van der Waals surface area (Å²) in [6.07, 6.45) is 3.02. The molecule has 1 amide bonds. The van der Waals surface area contributed by atoms with E-state index in [-0.39, 0.29) is 11.9 Å². The molecule has 0 aromatic heterocycles. The zero-order valence-corrected chi connectivity index (χ0v) is 12.1. The van der Waals surface area contributed by atoms with Crippen molar-refractivity contribution in [1.82, 2.24) is 10.2 Å². The van der Waals surface area contributed by atoms with Crippen LogP contribution in [0, 0.1) is 0 Å². The van der Waals surface area contributed by atoms with Crippen LogP contribution in [0.4, 0.5) is 0 Å². The number of amides is 1. The largest absolute Gasteiger partial charge is 0.383 e. The predicted molar refractivity (Wildman–Crippen MR) is 74.5 cm³/mol. The lowest BCUT2D eigenvalue weighted by molar-refractivity contribution is -0.126. The molecule has 108 valence electrons. The molecule has 0 saturated heterocycles. The summed E-state index contributed by atoms with van der Waals surface area (Å²) in [4.78, 5) is 14.1. The molecular formula is C13H29N3O2. The fourth-order valence-corrected chi connectivity index (χ4v) is 1.70. The van der Waals surface area contributed by atoms with Crippen molar-refractivity contribution in [1.29, 1.82) is 0 Å². The molecule has 0 bridgehead atoms. The number of rotatable bonds is 11. The Morgan fingerprint density at radius 2 is 2.11 bits per heavy atom. The van der Waals surface area contributed by atoms with E-state index < -0.39 is 0 Å². The Morgan fingerprint density at radius 3 is 2.67 bits per heavy atom. The number of hydrogen-bond donors (Lipinski definition) is 2. The summed E-state index contributed by atoms with van der Waals surface area (Å²) in [5.41, 5.74) is 5.52. The first-order valence-electron chi connectivity index (χ1n) is 6.88. The van der Waals surface area contributed by atoms with Gasteiger partial charge >= 0.3 is 0 Å². The number of nitrogens with two attached hydrogens (primary N) is 1. The molecule has 0 aliphatic heterocycles. The second-order valence-corrected chi connectivity index (χ2v) is 4.49. The average Bonchev–Trinajstić information content (AvgIpc) is 2.38. The van der Waals surface area contributed by atoms with Gasteiger partial charge in [-0.2, -0.15) is 0 Å². The van der Waals surface area contributed by atoms with E-state index in [1.165, 1.54) is 0 Å². The van der Waals surface area contributed by atoms with Gasteiger partial charge in [0.2, 0.25) is 5.91 Å². The molecule has 0 aliphatic carbocycles. The lowest BCUT2D eigenvalue weighted by Crippen LogP contribution is -2.47. The molecule has 18 heavy (non-hydrogen) atoms. The Morgan fingerprint density at radius 1 is 1.39 bits per heavy atom. The first kappa shape index (κ1) is 17.4. The number of unbranched alkanes of at least 4 members (excludes halogenated alkanes) is 1. The van der Waals surface area contributed by atoms with Crippen molar-refractivity contribution >= 4 is 5.91 Å². The number of carbonyl (C=O) groups is 1. The molecule has 1 unspecified atom stereocenters. The Labute approximate surface area is 111 Å². The monoisotopic (exact) mass is 259 g/mol. The van der Waals surface area contributed by atoms with Crippen molar-refractivity contribution < 1.29 is 9.53 Å². The molecule has 3 N–H and O–H groups in total. The molecule has 0 heterocycles. The van der Waals surface area contributed by atoms with Gasteiger partial charge in [0.15, 0.2) is 0 Å². The van der Waals surface area contributed by atoms with Gasteiger partial charge in [-0.15, -0.1) is 0 Å². The third kappa shape index (κ3) is 7.63. The van der Waals surface area contributed by atoms with Crippen LogP contribution in [0.2, 0.25) is 0 Å². The summed E-state index contributed by atoms with van der Waals surface area (Å²) in [7, 11) is 1.67. The van der Waals surface area contributed by atoms with Gasteiger partial charge in [0, 0.05) is 26.7 Å². The average molecular weight is 259 g/mol. The predicted octanol–water partition coefficient (Wildman–Crippen LogP) is 0.588. The van der Waals surface area contributed by atoms with Crippen LogP contribution in [0.25, 0.3) is 0 Å². The Kier molecular flexibility index (Phi) is 11.0. The van der Waals surface area contributed by atoms with Crippen LogP contribution in [0.3, 0.4) is 0 Å². The smallest absolute Gasteiger partial charge is 0.237 e. The van der Waals surface area contributed by atoms with Crippen LogP contribution in [0.1, 0.15) is 33.1 Å². The second kappa shape index (κ2) is 11.4. The molecule has 0 rings (SSSR count). The first-order chi connectivity index (χ1) is 8.67. The number of hydrogen-bond acceptors (Lipinski definition) is 4. The van der Waals surface area contributed by atoms with Gasteiger partial charge in [0.1, 0.15) is 0 Å². The highest BCUT2D eigenvalue weighted by Crippen LogP contribution is 2.01. The summed E-state index contributed by atoms with van der Waals surface area (Å²) in [6, 6.07) is -0.122. The van der Waals surface area contributed by atoms with Gasteiger partial charge in [-0.25, -0.2) is 0 Å². The van der Waals surface area contributed by atoms with E-state index in [2.05, 4.69) is 17.1 Å². The van der Waals surface area contributed by atoms with Gasteiger partial charge in [0.05, 0.1) is 12.6 Å². The third-order valence-electron chi connectivity index (χ3n) is 2.99. The summed E-state index contributed by atoms with van der Waals surface area (Å²) in [5, 5.41) is 2.96. The number of carbonyl (C=O) groups excluding carboxylic acids is 1. The van der Waals surface area contributed by atoms with Gasteiger partial charge in [0.25, 0.3) is 0 Å². The minimum Gasteiger partial charge on any atom is -0.383 e. The zero-order chi connectivity index (χ0) is 13.8. The van der Waals surface area contributed by atoms with Crippen LogP contribution in [-0.2, 0) is 9.53 Å². The number of nitrogens with one attached hydrogen (secondary N) is 1. The number of methoxy groups -OCH3 is 1. The summed E-state index contributed by atoms with van der Waals surface area (Å²) in [5.74, 6) is 0.0941. The van der Waals surface area contributed by atoms with Gasteiger partial charge in [-0.05, 0) is 26.3 Å². The molecular weight excluding hydrogens is 230 g/mol. The van der Waals surface area contributed by atoms with E-state index in [4.69, 9.17) is 10.5 Å². The minimum atomic E-state index is -0.122. The second-order valence-electron chi connectivity index (χ2n) is 4.49. The van der Waals surface area contributed by atoms with Crippen molar-refractivity contribution in [2.75, 3.05) is 39.9 Å². The maximum Gasteiger partial charge on any atom is 0.237 e. The van der Waals surface area contributed by atoms with E-state index >= 15 is 0 Å². The minimum absolute atomic E-state index is 0.0941. The van der Waals surface area contributed by atoms with E-state index in [9.17, 15) is 4.79 Å². The van der Waals surface area contributed by atoms with Crippen LogP contribution >= 0.6 is 0 Å². The molecule has 0 fully saturated rings. The highest BCUT2D eigenvalue weighted by atomic mass is 16.5. The number of ether oxygens (including phenoxy) is 1. The lowest BCUT2D eigenvalue weighted by atomic mass is 10.2. The van der Waals surface area contributed by atoms with E-state index in [1.54, 1.807) is 7.11 Å². The SMILES string of the molecule is CCCCNC(=O)C(C)N(CCCN)CCOC. The Hall–Kier alpha value is -0.650. The quantitative estimate of drug-likeness (QED) is 0.533. The van der Waals surface area contributed by atoms with E-state index in [0.29, 0.717) is 13.2 Å². The van der Waals surface area contributed by atoms with Crippen molar-refractivity contribution in [3.8, 4) is 0 Å². The topological polar surface area (TPSA) is 67.6 Å². The van der Waals surface area contributed by atoms with Crippen molar-refractivity contribution in [3.63, 3.8) is 0 Å². The van der Waals surface area contributed by atoms with Gasteiger partial charge < -0.3 is 15.8 Å². The normalized spacial score (nSPS) is 12.7. The van der Waals surface area contributed by atoms with Crippen LogP contribution in [-0.4, -0.2) is 56.7 Å². The molecule has 1 atom stereocenters. The Balaban J connectivity index is 4.14. The zero-order valence-electron chi connectivity index (χ0n) is 12.1. The summed E-state index contributed by atoms with van der Waals surface area (Å²) in [6.45, 7) is 7.69. The fraction of sp³-hybridized carbons (Fsp3) is 0.923. The molecule has 5 heteroatoms. The van der Waals surface area contributed by atoms with Crippen molar-refractivity contribution in [2.45, 2.75) is 39.2 Å². The van der Waals surface area contributed by atoms with E-state index in [0.717, 1.165) is 38.9 Å². The highest BCUT2D eigenvalue weighted by Gasteiger charge is 2.19. The van der Waals surface area contributed by atoms with Crippen molar-refractivity contribution in [2.24, 2.45) is 5.73 Å². The molecule has 0 aromatic rings. The van der Waals surface area contributed by atoms with Crippen LogP contribution < -0.4 is 11.1 Å². The fourth-order valence-electron chi connectivity index (χ4n) is 1.70. The van der Waals surface area contributed by atoms with Crippen LogP contribution in [0.5, 0.6) is 0 Å². The van der Waals surface area contributed by atoms with Gasteiger partial charge in [-0.3, -0.25) is 9.69 Å². The molecule has 0 spiro atoms. The number of nitrogens with zero attached hydrogens (tertiary/aromatic N) is 1. The lowest BCUT2D eigenvalue weighted by Gasteiger charge is -2.27. The maximum absolute atomic E-state index is 12.0. The molecule has 0 aromatic carbocycles. The maximum atomic E-state index is 12.0. The first-order valence-corrected chi connectivity index (χ1v) is 6.88. The Bertz CT molecular complexity index is 204. The standard InChI is InChI=1S/C13H29N3O2/c1-4-5-8-15-13(17)12(2)16(9-6-7-14)10-11-18-3/h12H,4-11,14H2,1-3H3,(H,15,17).